The number of benzene rings is 1. The van der Waals surface area contributed by atoms with Crippen molar-refractivity contribution in [2.24, 2.45) is 0 Å². The van der Waals surface area contributed by atoms with Gasteiger partial charge in [-0.15, -0.1) is 11.3 Å². The average molecular weight is 349 g/mol. The average Bonchev–Trinajstić information content (AvgIpc) is 3.15. The molecule has 3 aromatic rings. The number of para-hydroxylation sites is 1. The molecule has 25 heavy (non-hydrogen) atoms. The van der Waals surface area contributed by atoms with Gasteiger partial charge in [-0.1, -0.05) is 18.2 Å². The lowest BCUT2D eigenvalue weighted by Gasteiger charge is -2.29. The molecule has 0 aliphatic carbocycles. The number of hydrogen-bond donors (Lipinski definition) is 0. The fourth-order valence-corrected chi connectivity index (χ4v) is 4.02. The Morgan fingerprint density at radius 3 is 3.00 bits per heavy atom. The van der Waals surface area contributed by atoms with Gasteiger partial charge in [0.25, 0.3) is 0 Å². The summed E-state index contributed by atoms with van der Waals surface area (Å²) in [7, 11) is 0. The monoisotopic (exact) mass is 349 g/mol. The number of nitrogens with zero attached hydrogens (tertiary/aromatic N) is 3. The smallest absolute Gasteiger partial charge is 0.227 e. The standard InChI is InChI=1S/C20H19N3OS/c24-20(23-12-4-7-15-5-1-2-8-18(15)23)10-9-19-22-17(14-25-19)16-6-3-11-21-13-16/h1-3,5-6,8,11,13-14H,4,7,9-10,12H2. The molecule has 126 valence electrons. The van der Waals surface area contributed by atoms with Crippen molar-refractivity contribution in [3.63, 3.8) is 0 Å². The Morgan fingerprint density at radius 1 is 1.20 bits per heavy atom. The first-order chi connectivity index (χ1) is 12.3. The third kappa shape index (κ3) is 3.46. The number of aryl methyl sites for hydroxylation is 2. The van der Waals surface area contributed by atoms with E-state index in [0.29, 0.717) is 12.8 Å². The van der Waals surface area contributed by atoms with Gasteiger partial charge in [-0.25, -0.2) is 4.98 Å². The number of fused-ring (bicyclic) bond motifs is 1. The summed E-state index contributed by atoms with van der Waals surface area (Å²) in [4.78, 5) is 23.4. The van der Waals surface area contributed by atoms with Crippen molar-refractivity contribution in [3.05, 3.63) is 64.7 Å². The molecule has 0 atom stereocenters. The molecule has 4 rings (SSSR count). The number of rotatable bonds is 4. The molecule has 4 nitrogen and oxygen atoms in total. The molecule has 1 amide bonds. The Balaban J connectivity index is 1.42. The zero-order chi connectivity index (χ0) is 17.1. The molecule has 2 aromatic heterocycles. The highest BCUT2D eigenvalue weighted by molar-refractivity contribution is 7.09. The minimum absolute atomic E-state index is 0.185. The van der Waals surface area contributed by atoms with E-state index in [-0.39, 0.29) is 5.91 Å². The first kappa shape index (κ1) is 16.0. The van der Waals surface area contributed by atoms with Crippen molar-refractivity contribution >= 4 is 22.9 Å². The van der Waals surface area contributed by atoms with Crippen molar-refractivity contribution in [2.75, 3.05) is 11.4 Å². The third-order valence-electron chi connectivity index (χ3n) is 4.47. The summed E-state index contributed by atoms with van der Waals surface area (Å²) < 4.78 is 0. The number of aromatic nitrogens is 2. The molecule has 0 unspecified atom stereocenters. The van der Waals surface area contributed by atoms with Gasteiger partial charge in [-0.05, 0) is 36.6 Å². The molecule has 1 aromatic carbocycles. The molecule has 0 N–H and O–H groups in total. The number of anilines is 1. The molecule has 0 bridgehead atoms. The molecule has 0 saturated carbocycles. The Bertz CT molecular complexity index is 875. The van der Waals surface area contributed by atoms with Gasteiger partial charge in [0.2, 0.25) is 5.91 Å². The van der Waals surface area contributed by atoms with Gasteiger partial charge in [-0.2, -0.15) is 0 Å². The first-order valence-corrected chi connectivity index (χ1v) is 9.42. The summed E-state index contributed by atoms with van der Waals surface area (Å²) in [6.07, 6.45) is 6.84. The van der Waals surface area contributed by atoms with Crippen LogP contribution in [0.15, 0.2) is 54.2 Å². The van der Waals surface area contributed by atoms with Crippen molar-refractivity contribution in [3.8, 4) is 11.3 Å². The van der Waals surface area contributed by atoms with Crippen molar-refractivity contribution in [1.82, 2.24) is 9.97 Å². The van der Waals surface area contributed by atoms with Gasteiger partial charge in [0, 0.05) is 48.4 Å². The fourth-order valence-electron chi connectivity index (χ4n) is 3.21. The Morgan fingerprint density at radius 2 is 2.12 bits per heavy atom. The summed E-state index contributed by atoms with van der Waals surface area (Å²) in [6, 6.07) is 12.1. The number of amides is 1. The van der Waals surface area contributed by atoms with Crippen LogP contribution in [0.5, 0.6) is 0 Å². The largest absolute Gasteiger partial charge is 0.312 e. The topological polar surface area (TPSA) is 46.1 Å². The van der Waals surface area contributed by atoms with Crippen LogP contribution >= 0.6 is 11.3 Å². The van der Waals surface area contributed by atoms with E-state index in [2.05, 4.69) is 22.1 Å². The van der Waals surface area contributed by atoms with E-state index in [9.17, 15) is 4.79 Å². The predicted octanol–water partition coefficient (Wildman–Crippen LogP) is 4.12. The van der Waals surface area contributed by atoms with Crippen LogP contribution in [0.25, 0.3) is 11.3 Å². The quantitative estimate of drug-likeness (QED) is 0.712. The Labute approximate surface area is 151 Å². The summed E-state index contributed by atoms with van der Waals surface area (Å²) in [5.74, 6) is 0.185. The second-order valence-electron chi connectivity index (χ2n) is 6.15. The highest BCUT2D eigenvalue weighted by Gasteiger charge is 2.22. The van der Waals surface area contributed by atoms with Crippen LogP contribution in [0.4, 0.5) is 5.69 Å². The van der Waals surface area contributed by atoms with Crippen molar-refractivity contribution in [1.29, 1.82) is 0 Å². The summed E-state index contributed by atoms with van der Waals surface area (Å²) in [5.41, 5.74) is 4.30. The lowest BCUT2D eigenvalue weighted by atomic mass is 10.0. The van der Waals surface area contributed by atoms with Gasteiger partial charge in [0.05, 0.1) is 10.7 Å². The maximum atomic E-state index is 12.7. The molecule has 0 fully saturated rings. The predicted molar refractivity (Wildman–Crippen MR) is 101 cm³/mol. The minimum atomic E-state index is 0.185. The van der Waals surface area contributed by atoms with E-state index in [1.54, 1.807) is 17.5 Å². The van der Waals surface area contributed by atoms with E-state index in [1.165, 1.54) is 5.56 Å². The number of thiazole rings is 1. The summed E-state index contributed by atoms with van der Waals surface area (Å²) >= 11 is 1.61. The zero-order valence-corrected chi connectivity index (χ0v) is 14.7. The molecule has 5 heteroatoms. The molecule has 0 radical (unpaired) electrons. The van der Waals surface area contributed by atoms with Gasteiger partial charge < -0.3 is 4.90 Å². The molecular formula is C20H19N3OS. The number of carbonyl (C=O) groups excluding carboxylic acids is 1. The second-order valence-corrected chi connectivity index (χ2v) is 7.09. The highest BCUT2D eigenvalue weighted by atomic mass is 32.1. The summed E-state index contributed by atoms with van der Waals surface area (Å²) in [6.45, 7) is 0.814. The van der Waals surface area contributed by atoms with E-state index in [4.69, 9.17) is 0 Å². The number of pyridine rings is 1. The van der Waals surface area contributed by atoms with E-state index >= 15 is 0 Å². The van der Waals surface area contributed by atoms with Gasteiger partial charge >= 0.3 is 0 Å². The fraction of sp³-hybridized carbons (Fsp3) is 0.250. The van der Waals surface area contributed by atoms with Crippen LogP contribution in [0.1, 0.15) is 23.4 Å². The van der Waals surface area contributed by atoms with Crippen molar-refractivity contribution < 1.29 is 4.79 Å². The van der Waals surface area contributed by atoms with Crippen LogP contribution in [-0.2, 0) is 17.6 Å². The maximum Gasteiger partial charge on any atom is 0.227 e. The lowest BCUT2D eigenvalue weighted by Crippen LogP contribution is -2.35. The minimum Gasteiger partial charge on any atom is -0.312 e. The SMILES string of the molecule is O=C(CCc1nc(-c2cccnc2)cs1)N1CCCc2ccccc21. The van der Waals surface area contributed by atoms with Crippen molar-refractivity contribution in [2.45, 2.75) is 25.7 Å². The molecular weight excluding hydrogens is 330 g/mol. The first-order valence-electron chi connectivity index (χ1n) is 8.54. The molecule has 1 aliphatic rings. The molecule has 0 spiro atoms. The second kappa shape index (κ2) is 7.15. The zero-order valence-electron chi connectivity index (χ0n) is 13.9. The Hall–Kier alpha value is -2.53. The van der Waals surface area contributed by atoms with Crippen LogP contribution in [0, 0.1) is 0 Å². The van der Waals surface area contributed by atoms with Gasteiger partial charge in [-0.3, -0.25) is 9.78 Å². The van der Waals surface area contributed by atoms with Gasteiger partial charge in [0.1, 0.15) is 0 Å². The molecule has 1 aliphatic heterocycles. The van der Waals surface area contributed by atoms with E-state index in [1.807, 2.05) is 40.7 Å². The highest BCUT2D eigenvalue weighted by Crippen LogP contribution is 2.28. The van der Waals surface area contributed by atoms with Crippen LogP contribution in [-0.4, -0.2) is 22.4 Å². The normalized spacial score (nSPS) is 13.5. The maximum absolute atomic E-state index is 12.7. The summed E-state index contributed by atoms with van der Waals surface area (Å²) in [5, 5.41) is 3.03. The number of carbonyl (C=O) groups is 1. The van der Waals surface area contributed by atoms with Gasteiger partial charge in [0.15, 0.2) is 0 Å². The van der Waals surface area contributed by atoms with Crippen LogP contribution in [0.2, 0.25) is 0 Å². The van der Waals surface area contributed by atoms with Crippen LogP contribution in [0.3, 0.4) is 0 Å². The van der Waals surface area contributed by atoms with E-state index in [0.717, 1.165) is 41.3 Å². The molecule has 0 saturated heterocycles. The van der Waals surface area contributed by atoms with Crippen LogP contribution < -0.4 is 4.90 Å². The lowest BCUT2D eigenvalue weighted by molar-refractivity contribution is -0.118. The third-order valence-corrected chi connectivity index (χ3v) is 5.38. The molecule has 3 heterocycles. The van der Waals surface area contributed by atoms with E-state index < -0.39 is 0 Å². The number of hydrogen-bond acceptors (Lipinski definition) is 4. The Kier molecular flexibility index (Phi) is 4.57.